The highest BCUT2D eigenvalue weighted by Crippen LogP contribution is 2.25. The molecule has 0 aromatic heterocycles. The van der Waals surface area contributed by atoms with E-state index in [4.69, 9.17) is 16.3 Å². The lowest BCUT2D eigenvalue weighted by molar-refractivity contribution is -0.121. The summed E-state index contributed by atoms with van der Waals surface area (Å²) in [6.45, 7) is 0.497. The van der Waals surface area contributed by atoms with Crippen molar-refractivity contribution < 1.29 is 14.3 Å². The minimum Gasteiger partial charge on any atom is -0.497 e. The van der Waals surface area contributed by atoms with Crippen LogP contribution in [-0.4, -0.2) is 25.0 Å². The number of imide groups is 1. The fourth-order valence-corrected chi connectivity index (χ4v) is 2.76. The zero-order chi connectivity index (χ0) is 17.1. The first kappa shape index (κ1) is 16.5. The largest absolute Gasteiger partial charge is 0.497 e. The molecular weight excluding hydrogens is 328 g/mol. The zero-order valence-electron chi connectivity index (χ0n) is 13.2. The Morgan fingerprint density at radius 1 is 1.12 bits per heavy atom. The number of amides is 2. The van der Waals surface area contributed by atoms with Crippen LogP contribution in [0.3, 0.4) is 0 Å². The molecule has 1 N–H and O–H groups in total. The molecule has 0 saturated carbocycles. The Bertz CT molecular complexity index is 744. The van der Waals surface area contributed by atoms with Gasteiger partial charge in [0.15, 0.2) is 0 Å². The first-order valence-corrected chi connectivity index (χ1v) is 7.95. The van der Waals surface area contributed by atoms with Gasteiger partial charge in [0.25, 0.3) is 5.91 Å². The summed E-state index contributed by atoms with van der Waals surface area (Å²) < 4.78 is 5.09. The maximum Gasteiger partial charge on any atom is 0.251 e. The van der Waals surface area contributed by atoms with Crippen molar-refractivity contribution in [3.63, 3.8) is 0 Å². The lowest BCUT2D eigenvalue weighted by Crippen LogP contribution is -2.38. The predicted molar refractivity (Wildman–Crippen MR) is 92.2 cm³/mol. The number of methoxy groups -OCH3 is 1. The standard InChI is InChI=1S/C18H17ClN2O3/c1-24-15-8-6-14(7-9-15)21-17(22)10-16(18(21)23)20-11-12-2-4-13(19)5-3-12/h2-9,16,20H,10-11H2,1H3/t16-/m0/s1. The van der Waals surface area contributed by atoms with Gasteiger partial charge in [-0.25, -0.2) is 4.90 Å². The molecule has 124 valence electrons. The van der Waals surface area contributed by atoms with Gasteiger partial charge in [-0.2, -0.15) is 0 Å². The van der Waals surface area contributed by atoms with Gasteiger partial charge < -0.3 is 10.1 Å². The normalized spacial score (nSPS) is 17.4. The first-order valence-electron chi connectivity index (χ1n) is 7.57. The third kappa shape index (κ3) is 3.42. The van der Waals surface area contributed by atoms with Gasteiger partial charge in [-0.1, -0.05) is 23.7 Å². The summed E-state index contributed by atoms with van der Waals surface area (Å²) in [5.74, 6) is 0.230. The van der Waals surface area contributed by atoms with E-state index in [1.807, 2.05) is 12.1 Å². The molecule has 3 rings (SSSR count). The van der Waals surface area contributed by atoms with E-state index >= 15 is 0 Å². The molecule has 1 atom stereocenters. The molecule has 1 fully saturated rings. The SMILES string of the molecule is COc1ccc(N2C(=O)C[C@H](NCc3ccc(Cl)cc3)C2=O)cc1. The van der Waals surface area contributed by atoms with Crippen LogP contribution in [0.4, 0.5) is 5.69 Å². The van der Waals surface area contributed by atoms with Gasteiger partial charge in [-0.15, -0.1) is 0 Å². The number of ether oxygens (including phenoxy) is 1. The molecule has 0 aliphatic carbocycles. The van der Waals surface area contributed by atoms with Crippen LogP contribution < -0.4 is 15.0 Å². The molecule has 2 amide bonds. The molecule has 6 heteroatoms. The van der Waals surface area contributed by atoms with E-state index in [2.05, 4.69) is 5.32 Å². The van der Waals surface area contributed by atoms with Crippen LogP contribution in [0.2, 0.25) is 5.02 Å². The van der Waals surface area contributed by atoms with Gasteiger partial charge in [-0.3, -0.25) is 9.59 Å². The highest BCUT2D eigenvalue weighted by molar-refractivity contribution is 6.30. The fourth-order valence-electron chi connectivity index (χ4n) is 2.64. The summed E-state index contributed by atoms with van der Waals surface area (Å²) in [4.78, 5) is 26.0. The van der Waals surface area contributed by atoms with Crippen LogP contribution >= 0.6 is 11.6 Å². The van der Waals surface area contributed by atoms with Crippen LogP contribution in [-0.2, 0) is 16.1 Å². The van der Waals surface area contributed by atoms with Gasteiger partial charge >= 0.3 is 0 Å². The van der Waals surface area contributed by atoms with Gasteiger partial charge in [-0.05, 0) is 42.0 Å². The second-order valence-corrected chi connectivity index (χ2v) is 5.97. The lowest BCUT2D eigenvalue weighted by Gasteiger charge is -2.16. The number of benzene rings is 2. The van der Waals surface area contributed by atoms with E-state index < -0.39 is 6.04 Å². The summed E-state index contributed by atoms with van der Waals surface area (Å²) >= 11 is 5.85. The molecule has 0 unspecified atom stereocenters. The van der Waals surface area contributed by atoms with E-state index in [0.717, 1.165) is 5.56 Å². The van der Waals surface area contributed by atoms with E-state index in [-0.39, 0.29) is 18.2 Å². The molecular formula is C18H17ClN2O3. The van der Waals surface area contributed by atoms with E-state index in [0.29, 0.717) is 23.0 Å². The van der Waals surface area contributed by atoms with Crippen molar-refractivity contribution in [3.8, 4) is 5.75 Å². The topological polar surface area (TPSA) is 58.6 Å². The maximum absolute atomic E-state index is 12.5. The quantitative estimate of drug-likeness (QED) is 0.847. The summed E-state index contributed by atoms with van der Waals surface area (Å²) in [6.07, 6.45) is 0.151. The summed E-state index contributed by atoms with van der Waals surface area (Å²) in [7, 11) is 1.57. The minimum atomic E-state index is -0.518. The van der Waals surface area contributed by atoms with Gasteiger partial charge in [0.2, 0.25) is 5.91 Å². The van der Waals surface area contributed by atoms with E-state index in [9.17, 15) is 9.59 Å². The zero-order valence-corrected chi connectivity index (χ0v) is 13.9. The number of hydrogen-bond acceptors (Lipinski definition) is 4. The van der Waals surface area contributed by atoms with Gasteiger partial charge in [0.1, 0.15) is 5.75 Å². The van der Waals surface area contributed by atoms with Crippen LogP contribution in [0, 0.1) is 0 Å². The number of halogens is 1. The number of anilines is 1. The molecule has 0 radical (unpaired) electrons. The number of carbonyl (C=O) groups excluding carboxylic acids is 2. The molecule has 2 aromatic carbocycles. The molecule has 2 aromatic rings. The van der Waals surface area contributed by atoms with Crippen LogP contribution in [0.25, 0.3) is 0 Å². The fraction of sp³-hybridized carbons (Fsp3) is 0.222. The van der Waals surface area contributed by atoms with E-state index in [1.54, 1.807) is 43.5 Å². The van der Waals surface area contributed by atoms with Crippen molar-refractivity contribution >= 4 is 29.1 Å². The van der Waals surface area contributed by atoms with Crippen LogP contribution in [0.15, 0.2) is 48.5 Å². The summed E-state index contributed by atoms with van der Waals surface area (Å²) in [5.41, 5.74) is 1.56. The Morgan fingerprint density at radius 2 is 1.79 bits per heavy atom. The molecule has 1 saturated heterocycles. The Morgan fingerprint density at radius 3 is 2.42 bits per heavy atom. The van der Waals surface area contributed by atoms with Gasteiger partial charge in [0.05, 0.1) is 25.3 Å². The lowest BCUT2D eigenvalue weighted by atomic mass is 10.2. The molecule has 1 heterocycles. The molecule has 5 nitrogen and oxygen atoms in total. The predicted octanol–water partition coefficient (Wildman–Crippen LogP) is 2.77. The number of nitrogens with zero attached hydrogens (tertiary/aromatic N) is 1. The van der Waals surface area contributed by atoms with Crippen molar-refractivity contribution in [2.45, 2.75) is 19.0 Å². The Hall–Kier alpha value is -2.37. The average molecular weight is 345 g/mol. The average Bonchev–Trinajstić information content (AvgIpc) is 2.88. The second kappa shape index (κ2) is 7.03. The number of carbonyl (C=O) groups is 2. The monoisotopic (exact) mass is 344 g/mol. The highest BCUT2D eigenvalue weighted by atomic mass is 35.5. The number of nitrogens with one attached hydrogen (secondary N) is 1. The maximum atomic E-state index is 12.5. The smallest absolute Gasteiger partial charge is 0.251 e. The third-order valence-electron chi connectivity index (χ3n) is 3.94. The second-order valence-electron chi connectivity index (χ2n) is 5.53. The van der Waals surface area contributed by atoms with Crippen molar-refractivity contribution in [2.75, 3.05) is 12.0 Å². The highest BCUT2D eigenvalue weighted by Gasteiger charge is 2.39. The summed E-state index contributed by atoms with van der Waals surface area (Å²) in [6, 6.07) is 13.7. The summed E-state index contributed by atoms with van der Waals surface area (Å²) in [5, 5.41) is 3.80. The Balaban J connectivity index is 1.67. The number of hydrogen-bond donors (Lipinski definition) is 1. The van der Waals surface area contributed by atoms with Crippen molar-refractivity contribution in [1.29, 1.82) is 0 Å². The Labute approximate surface area is 145 Å². The molecule has 24 heavy (non-hydrogen) atoms. The van der Waals surface area contributed by atoms with Crippen molar-refractivity contribution in [2.24, 2.45) is 0 Å². The molecule has 1 aliphatic heterocycles. The first-order chi connectivity index (χ1) is 11.6. The molecule has 1 aliphatic rings. The Kier molecular flexibility index (Phi) is 4.83. The van der Waals surface area contributed by atoms with Crippen LogP contribution in [0.1, 0.15) is 12.0 Å². The molecule has 0 bridgehead atoms. The van der Waals surface area contributed by atoms with Crippen LogP contribution in [0.5, 0.6) is 5.75 Å². The molecule has 0 spiro atoms. The van der Waals surface area contributed by atoms with Crippen molar-refractivity contribution in [1.82, 2.24) is 5.32 Å². The van der Waals surface area contributed by atoms with Gasteiger partial charge in [0, 0.05) is 11.6 Å². The van der Waals surface area contributed by atoms with Crippen molar-refractivity contribution in [3.05, 3.63) is 59.1 Å². The third-order valence-corrected chi connectivity index (χ3v) is 4.20. The minimum absolute atomic E-state index is 0.151. The number of rotatable bonds is 5. The van der Waals surface area contributed by atoms with E-state index in [1.165, 1.54) is 4.90 Å².